The van der Waals surface area contributed by atoms with Gasteiger partial charge in [0.25, 0.3) is 0 Å². The molecule has 3 aromatic rings. The predicted octanol–water partition coefficient (Wildman–Crippen LogP) is 3.77. The van der Waals surface area contributed by atoms with E-state index in [1.807, 2.05) is 75.4 Å². The molecule has 28 heavy (non-hydrogen) atoms. The molecule has 6 heteroatoms. The number of carbonyl (C=O) groups excluding carboxylic acids is 1. The number of Topliss-reactive ketones (excluding diaryl/α,β-unsaturated/α-hetero) is 1. The molecule has 0 radical (unpaired) electrons. The topological polar surface area (TPSA) is 80.4 Å². The van der Waals surface area contributed by atoms with Crippen LogP contribution in [0.1, 0.15) is 43.4 Å². The van der Waals surface area contributed by atoms with E-state index >= 15 is 0 Å². The number of benzene rings is 2. The third kappa shape index (κ3) is 3.58. The van der Waals surface area contributed by atoms with Crippen molar-refractivity contribution in [1.82, 2.24) is 10.2 Å². The Kier molecular flexibility index (Phi) is 4.55. The van der Waals surface area contributed by atoms with Crippen LogP contribution in [0.4, 0.5) is 6.01 Å². The van der Waals surface area contributed by atoms with Gasteiger partial charge >= 0.3 is 6.01 Å². The number of nitrogens with zero attached hydrogens (tertiary/aromatic N) is 3. The van der Waals surface area contributed by atoms with E-state index in [0.717, 1.165) is 22.4 Å². The first-order chi connectivity index (χ1) is 13.4. The number of hydrogen-bond acceptors (Lipinski definition) is 6. The second-order valence-electron chi connectivity index (χ2n) is 7.85. The van der Waals surface area contributed by atoms with Gasteiger partial charge in [-0.2, -0.15) is 0 Å². The molecule has 1 atom stereocenters. The van der Waals surface area contributed by atoms with Crippen LogP contribution in [0, 0.1) is 0 Å². The molecule has 1 unspecified atom stereocenters. The Morgan fingerprint density at radius 3 is 2.43 bits per heavy atom. The lowest BCUT2D eigenvalue weighted by Gasteiger charge is -2.13. The fourth-order valence-electron chi connectivity index (χ4n) is 3.10. The predicted molar refractivity (Wildman–Crippen MR) is 108 cm³/mol. The summed E-state index contributed by atoms with van der Waals surface area (Å²) in [6, 6.07) is 17.9. The van der Waals surface area contributed by atoms with Crippen molar-refractivity contribution in [3.8, 4) is 0 Å². The van der Waals surface area contributed by atoms with Crippen LogP contribution < -0.4 is 5.32 Å². The van der Waals surface area contributed by atoms with Crippen LogP contribution in [-0.4, -0.2) is 27.9 Å². The molecule has 0 aliphatic carbocycles. The average molecular weight is 374 g/mol. The van der Waals surface area contributed by atoms with Gasteiger partial charge in [0, 0.05) is 23.0 Å². The van der Waals surface area contributed by atoms with Gasteiger partial charge in [-0.05, 0) is 5.56 Å². The highest BCUT2D eigenvalue weighted by atomic mass is 16.4. The monoisotopic (exact) mass is 374 g/mol. The van der Waals surface area contributed by atoms with Crippen molar-refractivity contribution in [1.29, 1.82) is 0 Å². The summed E-state index contributed by atoms with van der Waals surface area (Å²) < 4.78 is 5.70. The van der Waals surface area contributed by atoms with Crippen LogP contribution in [0.5, 0.6) is 0 Å². The third-order valence-corrected chi connectivity index (χ3v) is 4.57. The Labute approximate surface area is 163 Å². The van der Waals surface area contributed by atoms with Gasteiger partial charge in [0.1, 0.15) is 0 Å². The first kappa shape index (κ1) is 18.1. The number of rotatable bonds is 3. The van der Waals surface area contributed by atoms with Gasteiger partial charge in [0.2, 0.25) is 5.89 Å². The Morgan fingerprint density at radius 1 is 1.00 bits per heavy atom. The number of fused-ring (bicyclic) bond motifs is 1. The van der Waals surface area contributed by atoms with Crippen LogP contribution in [0.15, 0.2) is 64.0 Å². The van der Waals surface area contributed by atoms with Crippen molar-refractivity contribution in [2.45, 2.75) is 38.8 Å². The van der Waals surface area contributed by atoms with Crippen LogP contribution in [0.25, 0.3) is 0 Å². The zero-order valence-corrected chi connectivity index (χ0v) is 16.1. The Balaban J connectivity index is 1.74. The van der Waals surface area contributed by atoms with Crippen molar-refractivity contribution in [2.24, 2.45) is 4.99 Å². The molecule has 0 saturated carbocycles. The van der Waals surface area contributed by atoms with Crippen LogP contribution in [0.3, 0.4) is 0 Å². The maximum atomic E-state index is 12.9. The van der Waals surface area contributed by atoms with Crippen molar-refractivity contribution >= 4 is 17.5 Å². The third-order valence-electron chi connectivity index (χ3n) is 4.57. The summed E-state index contributed by atoms with van der Waals surface area (Å²) in [5, 5.41) is 11.1. The molecule has 2 heterocycles. The quantitative estimate of drug-likeness (QED) is 0.755. The summed E-state index contributed by atoms with van der Waals surface area (Å²) >= 11 is 0. The number of carbonyl (C=O) groups is 1. The number of ketones is 1. The second-order valence-corrected chi connectivity index (χ2v) is 7.85. The summed E-state index contributed by atoms with van der Waals surface area (Å²) in [6.07, 6.45) is -0.510. The smallest absolute Gasteiger partial charge is 0.317 e. The van der Waals surface area contributed by atoms with E-state index in [4.69, 9.17) is 9.41 Å². The molecule has 2 aromatic carbocycles. The van der Waals surface area contributed by atoms with Gasteiger partial charge in [-0.25, -0.2) is 0 Å². The molecule has 0 fully saturated rings. The SMILES string of the molecule is CC(C)(C)c1nnc(NC2N=C(c3ccccc3)c3ccccc3CC2=O)o1. The number of nitrogens with one attached hydrogen (secondary N) is 1. The number of aliphatic imine (C=N–C) groups is 1. The fraction of sp³-hybridized carbons (Fsp3) is 0.273. The summed E-state index contributed by atoms with van der Waals surface area (Å²) in [7, 11) is 0. The highest BCUT2D eigenvalue weighted by Gasteiger charge is 2.28. The Morgan fingerprint density at radius 2 is 1.71 bits per heavy atom. The lowest BCUT2D eigenvalue weighted by atomic mass is 9.96. The Hall–Kier alpha value is -3.28. The molecule has 0 saturated heterocycles. The van der Waals surface area contributed by atoms with Gasteiger partial charge in [-0.3, -0.25) is 9.79 Å². The van der Waals surface area contributed by atoms with Crippen molar-refractivity contribution < 1.29 is 9.21 Å². The number of anilines is 1. The maximum Gasteiger partial charge on any atom is 0.317 e. The first-order valence-electron chi connectivity index (χ1n) is 9.26. The second kappa shape index (κ2) is 7.03. The van der Waals surface area contributed by atoms with E-state index in [1.54, 1.807) is 0 Å². The molecule has 1 aliphatic rings. The highest BCUT2D eigenvalue weighted by Crippen LogP contribution is 2.25. The van der Waals surface area contributed by atoms with E-state index in [-0.39, 0.29) is 23.6 Å². The molecule has 1 N–H and O–H groups in total. The summed E-state index contributed by atoms with van der Waals surface area (Å²) in [6.45, 7) is 5.97. The molecule has 1 aliphatic heterocycles. The molecule has 6 nitrogen and oxygen atoms in total. The highest BCUT2D eigenvalue weighted by molar-refractivity contribution is 6.16. The largest absolute Gasteiger partial charge is 0.408 e. The number of aromatic nitrogens is 2. The fourth-order valence-corrected chi connectivity index (χ4v) is 3.10. The molecule has 0 spiro atoms. The number of hydrogen-bond donors (Lipinski definition) is 1. The van der Waals surface area contributed by atoms with Crippen molar-refractivity contribution in [2.75, 3.05) is 5.32 Å². The van der Waals surface area contributed by atoms with Gasteiger partial charge < -0.3 is 9.73 Å². The van der Waals surface area contributed by atoms with Gasteiger partial charge in [-0.15, -0.1) is 5.10 Å². The average Bonchev–Trinajstić information content (AvgIpc) is 3.10. The molecule has 0 amide bonds. The van der Waals surface area contributed by atoms with Gasteiger partial charge in [0.15, 0.2) is 11.9 Å². The zero-order chi connectivity index (χ0) is 19.7. The van der Waals surface area contributed by atoms with Gasteiger partial charge in [0.05, 0.1) is 5.71 Å². The summed E-state index contributed by atoms with van der Waals surface area (Å²) in [5.41, 5.74) is 3.38. The minimum Gasteiger partial charge on any atom is -0.408 e. The molecule has 1 aromatic heterocycles. The van der Waals surface area contributed by atoms with E-state index in [1.165, 1.54) is 0 Å². The molecule has 142 valence electrons. The first-order valence-corrected chi connectivity index (χ1v) is 9.26. The zero-order valence-electron chi connectivity index (χ0n) is 16.1. The molecule has 0 bridgehead atoms. The van der Waals surface area contributed by atoms with E-state index in [9.17, 15) is 4.79 Å². The van der Waals surface area contributed by atoms with E-state index in [2.05, 4.69) is 15.5 Å². The van der Waals surface area contributed by atoms with E-state index < -0.39 is 6.17 Å². The lowest BCUT2D eigenvalue weighted by molar-refractivity contribution is -0.119. The van der Waals surface area contributed by atoms with Crippen molar-refractivity contribution in [3.63, 3.8) is 0 Å². The normalized spacial score (nSPS) is 16.9. The molecular weight excluding hydrogens is 352 g/mol. The van der Waals surface area contributed by atoms with Crippen LogP contribution in [-0.2, 0) is 16.6 Å². The standard InChI is InChI=1S/C22H22N4O2/c1-22(2,3)20-25-26-21(28-20)24-19-17(27)13-15-11-7-8-12-16(15)18(23-19)14-9-5-4-6-10-14/h4-12,19H,13H2,1-3H3,(H,24,26). The van der Waals surface area contributed by atoms with Gasteiger partial charge in [-0.1, -0.05) is 80.5 Å². The van der Waals surface area contributed by atoms with Crippen molar-refractivity contribution in [3.05, 3.63) is 77.2 Å². The molecular formula is C22H22N4O2. The van der Waals surface area contributed by atoms with E-state index in [0.29, 0.717) is 5.89 Å². The summed E-state index contributed by atoms with van der Waals surface area (Å²) in [5.74, 6) is 0.459. The minimum absolute atomic E-state index is 0.0473. The molecule has 4 rings (SSSR count). The maximum absolute atomic E-state index is 12.9. The summed E-state index contributed by atoms with van der Waals surface area (Å²) in [4.78, 5) is 17.7. The Bertz CT molecular complexity index is 1030. The lowest BCUT2D eigenvalue weighted by Crippen LogP contribution is -2.29. The van der Waals surface area contributed by atoms with Crippen LogP contribution >= 0.6 is 0 Å². The minimum atomic E-state index is -0.795. The van der Waals surface area contributed by atoms with Crippen LogP contribution in [0.2, 0.25) is 0 Å².